The lowest BCUT2D eigenvalue weighted by atomic mass is 9.92. The second kappa shape index (κ2) is 7.97. The van der Waals surface area contributed by atoms with Gasteiger partial charge in [-0.25, -0.2) is 9.37 Å². The van der Waals surface area contributed by atoms with Crippen molar-refractivity contribution in [1.29, 1.82) is 0 Å². The molecular formula is C22H24FN3O2S. The fraction of sp³-hybridized carbons (Fsp3) is 0.455. The fourth-order valence-corrected chi connectivity index (χ4v) is 5.75. The molecule has 0 unspecified atom stereocenters. The van der Waals surface area contributed by atoms with Gasteiger partial charge >= 0.3 is 0 Å². The van der Waals surface area contributed by atoms with E-state index in [4.69, 9.17) is 4.74 Å². The Bertz CT molecular complexity index is 1070. The van der Waals surface area contributed by atoms with Gasteiger partial charge in [-0.1, -0.05) is 12.1 Å². The number of ether oxygens (including phenoxy) is 1. The molecule has 29 heavy (non-hydrogen) atoms. The molecule has 1 aliphatic heterocycles. The van der Waals surface area contributed by atoms with Gasteiger partial charge in [-0.3, -0.25) is 14.3 Å². The zero-order chi connectivity index (χ0) is 19.8. The monoisotopic (exact) mass is 413 g/mol. The number of fused-ring (bicyclic) bond motifs is 3. The molecule has 1 saturated heterocycles. The van der Waals surface area contributed by atoms with Crippen molar-refractivity contribution in [1.82, 2.24) is 14.5 Å². The number of halogens is 1. The van der Waals surface area contributed by atoms with Gasteiger partial charge in [0.2, 0.25) is 0 Å². The molecule has 1 fully saturated rings. The zero-order valence-electron chi connectivity index (χ0n) is 16.3. The van der Waals surface area contributed by atoms with Crippen LogP contribution < -0.4 is 5.56 Å². The van der Waals surface area contributed by atoms with Crippen LogP contribution in [0.5, 0.6) is 0 Å². The smallest absolute Gasteiger partial charge is 0.262 e. The molecule has 1 aromatic carbocycles. The van der Waals surface area contributed by atoms with E-state index in [0.29, 0.717) is 19.0 Å². The first-order chi connectivity index (χ1) is 14.2. The highest BCUT2D eigenvalue weighted by atomic mass is 32.1. The van der Waals surface area contributed by atoms with E-state index in [-0.39, 0.29) is 11.4 Å². The van der Waals surface area contributed by atoms with Crippen LogP contribution in [0.4, 0.5) is 4.39 Å². The SMILES string of the molecule is O=c1c2c3c(sc2ncn1CCc1ccc(F)cc1)C[C@H](N1CCOCC1)CC3. The number of aryl methyl sites for hydroxylation is 3. The molecule has 0 saturated carbocycles. The van der Waals surface area contributed by atoms with Gasteiger partial charge in [-0.05, 0) is 48.9 Å². The van der Waals surface area contributed by atoms with Crippen LogP contribution in [0.1, 0.15) is 22.4 Å². The van der Waals surface area contributed by atoms with E-state index in [2.05, 4.69) is 9.88 Å². The summed E-state index contributed by atoms with van der Waals surface area (Å²) in [5.74, 6) is -0.241. The Morgan fingerprint density at radius 2 is 2.00 bits per heavy atom. The summed E-state index contributed by atoms with van der Waals surface area (Å²) in [6.07, 6.45) is 5.37. The summed E-state index contributed by atoms with van der Waals surface area (Å²) in [5, 5.41) is 0.812. The van der Waals surface area contributed by atoms with Crippen LogP contribution >= 0.6 is 11.3 Å². The highest BCUT2D eigenvalue weighted by molar-refractivity contribution is 7.18. The second-order valence-corrected chi connectivity index (χ2v) is 8.93. The van der Waals surface area contributed by atoms with Crippen molar-refractivity contribution in [2.45, 2.75) is 38.3 Å². The molecule has 0 spiro atoms. The predicted molar refractivity (Wildman–Crippen MR) is 112 cm³/mol. The summed E-state index contributed by atoms with van der Waals surface area (Å²) in [6, 6.07) is 6.99. The quantitative estimate of drug-likeness (QED) is 0.660. The molecule has 0 bridgehead atoms. The molecule has 1 aliphatic carbocycles. The van der Waals surface area contributed by atoms with E-state index >= 15 is 0 Å². The van der Waals surface area contributed by atoms with Crippen LogP contribution in [0.15, 0.2) is 35.4 Å². The Morgan fingerprint density at radius 1 is 1.21 bits per heavy atom. The van der Waals surface area contributed by atoms with Gasteiger partial charge in [-0.2, -0.15) is 0 Å². The summed E-state index contributed by atoms with van der Waals surface area (Å²) in [7, 11) is 0. The van der Waals surface area contributed by atoms with Crippen LogP contribution in [-0.4, -0.2) is 46.8 Å². The second-order valence-electron chi connectivity index (χ2n) is 7.85. The van der Waals surface area contributed by atoms with E-state index < -0.39 is 0 Å². The van der Waals surface area contributed by atoms with Crippen LogP contribution in [0.25, 0.3) is 10.2 Å². The molecule has 2 aliphatic rings. The van der Waals surface area contributed by atoms with E-state index in [1.165, 1.54) is 22.6 Å². The number of thiophene rings is 1. The summed E-state index contributed by atoms with van der Waals surface area (Å²) in [6.45, 7) is 4.18. The van der Waals surface area contributed by atoms with Gasteiger partial charge in [0.25, 0.3) is 5.56 Å². The highest BCUT2D eigenvalue weighted by Gasteiger charge is 2.29. The molecule has 3 heterocycles. The molecule has 0 amide bonds. The van der Waals surface area contributed by atoms with Crippen LogP contribution in [0, 0.1) is 5.82 Å². The topological polar surface area (TPSA) is 47.4 Å². The number of hydrogen-bond acceptors (Lipinski definition) is 5. The number of morpholine rings is 1. The minimum Gasteiger partial charge on any atom is -0.379 e. The largest absolute Gasteiger partial charge is 0.379 e. The van der Waals surface area contributed by atoms with Crippen molar-refractivity contribution in [3.8, 4) is 0 Å². The number of hydrogen-bond donors (Lipinski definition) is 0. The van der Waals surface area contributed by atoms with Gasteiger partial charge in [0.15, 0.2) is 0 Å². The van der Waals surface area contributed by atoms with Crippen molar-refractivity contribution in [2.75, 3.05) is 26.3 Å². The molecule has 7 heteroatoms. The van der Waals surface area contributed by atoms with Crippen LogP contribution in [-0.2, 0) is 30.5 Å². The summed E-state index contributed by atoms with van der Waals surface area (Å²) >= 11 is 1.68. The first-order valence-electron chi connectivity index (χ1n) is 10.2. The maximum atomic E-state index is 13.2. The standard InChI is InChI=1S/C22H24FN3O2S/c23-16-3-1-15(2-4-16)7-8-26-14-24-21-20(22(26)27)18-6-5-17(13-19(18)29-21)25-9-11-28-12-10-25/h1-4,14,17H,5-13H2/t17-/m1/s1. The van der Waals surface area contributed by atoms with Crippen molar-refractivity contribution in [2.24, 2.45) is 0 Å². The molecular weight excluding hydrogens is 389 g/mol. The van der Waals surface area contributed by atoms with Gasteiger partial charge in [-0.15, -0.1) is 11.3 Å². The van der Waals surface area contributed by atoms with Gasteiger partial charge in [0.1, 0.15) is 10.6 Å². The van der Waals surface area contributed by atoms with E-state index in [1.807, 2.05) is 0 Å². The highest BCUT2D eigenvalue weighted by Crippen LogP contribution is 2.35. The Labute approximate surface area is 172 Å². The number of nitrogens with zero attached hydrogens (tertiary/aromatic N) is 3. The third-order valence-corrected chi connectivity index (χ3v) is 7.29. The lowest BCUT2D eigenvalue weighted by Crippen LogP contribution is -2.45. The maximum absolute atomic E-state index is 13.2. The van der Waals surface area contributed by atoms with Gasteiger partial charge < -0.3 is 4.74 Å². The average Bonchev–Trinajstić information content (AvgIpc) is 3.13. The van der Waals surface area contributed by atoms with Crippen molar-refractivity contribution in [3.63, 3.8) is 0 Å². The Hall–Kier alpha value is -2.09. The first kappa shape index (κ1) is 18.9. The number of aromatic nitrogens is 2. The van der Waals surface area contributed by atoms with Crippen LogP contribution in [0.2, 0.25) is 0 Å². The Balaban J connectivity index is 1.38. The van der Waals surface area contributed by atoms with Crippen LogP contribution in [0.3, 0.4) is 0 Å². The van der Waals surface area contributed by atoms with E-state index in [1.54, 1.807) is 34.4 Å². The van der Waals surface area contributed by atoms with Crippen molar-refractivity contribution in [3.05, 3.63) is 62.8 Å². The van der Waals surface area contributed by atoms with Gasteiger partial charge in [0, 0.05) is 30.6 Å². The molecule has 0 radical (unpaired) electrons. The average molecular weight is 414 g/mol. The number of rotatable bonds is 4. The van der Waals surface area contributed by atoms with Crippen molar-refractivity contribution >= 4 is 21.6 Å². The van der Waals surface area contributed by atoms with E-state index in [0.717, 1.165) is 61.3 Å². The third kappa shape index (κ3) is 3.74. The minimum atomic E-state index is -0.241. The zero-order valence-corrected chi connectivity index (χ0v) is 17.1. The van der Waals surface area contributed by atoms with E-state index in [9.17, 15) is 9.18 Å². The van der Waals surface area contributed by atoms with Crippen molar-refractivity contribution < 1.29 is 9.13 Å². The summed E-state index contributed by atoms with van der Waals surface area (Å²) in [4.78, 5) is 22.5. The molecule has 1 atom stereocenters. The normalized spacial score (nSPS) is 20.1. The number of benzene rings is 1. The molecule has 5 nitrogen and oxygen atoms in total. The molecule has 152 valence electrons. The molecule has 3 aromatic rings. The Kier molecular flexibility index (Phi) is 5.20. The Morgan fingerprint density at radius 3 is 2.79 bits per heavy atom. The molecule has 0 N–H and O–H groups in total. The molecule has 2 aromatic heterocycles. The minimum absolute atomic E-state index is 0.0550. The lowest BCUT2D eigenvalue weighted by molar-refractivity contribution is 0.0140. The maximum Gasteiger partial charge on any atom is 0.262 e. The third-order valence-electron chi connectivity index (χ3n) is 6.13. The summed E-state index contributed by atoms with van der Waals surface area (Å²) in [5.41, 5.74) is 2.28. The predicted octanol–water partition coefficient (Wildman–Crippen LogP) is 3.03. The first-order valence-corrected chi connectivity index (χ1v) is 11.1. The summed E-state index contributed by atoms with van der Waals surface area (Å²) < 4.78 is 20.3. The van der Waals surface area contributed by atoms with Gasteiger partial charge in [0.05, 0.1) is 24.9 Å². The lowest BCUT2D eigenvalue weighted by Gasteiger charge is -2.36. The molecule has 5 rings (SSSR count). The fourth-order valence-electron chi connectivity index (χ4n) is 4.50.